The summed E-state index contributed by atoms with van der Waals surface area (Å²) in [6.07, 6.45) is 3.15. The van der Waals surface area contributed by atoms with Gasteiger partial charge in [0.25, 0.3) is 0 Å². The van der Waals surface area contributed by atoms with E-state index >= 15 is 0 Å². The van der Waals surface area contributed by atoms with Crippen molar-refractivity contribution in [1.29, 1.82) is 0 Å². The number of rotatable bonds is 8. The van der Waals surface area contributed by atoms with Crippen LogP contribution in [-0.4, -0.2) is 23.4 Å². The van der Waals surface area contributed by atoms with E-state index in [1.54, 1.807) is 18.4 Å². The Morgan fingerprint density at radius 2 is 1.90 bits per heavy atom. The van der Waals surface area contributed by atoms with E-state index in [0.717, 1.165) is 42.2 Å². The number of benzene rings is 2. The first-order valence-corrected chi connectivity index (χ1v) is 10.2. The van der Waals surface area contributed by atoms with E-state index in [1.165, 1.54) is 10.4 Å². The molecule has 1 N–H and O–H groups in total. The maximum Gasteiger partial charge on any atom is 0.119 e. The number of nitrogens with zero attached hydrogens (tertiary/aromatic N) is 2. The molecular weight excluding hydrogens is 402 g/mol. The Labute approximate surface area is 181 Å². The number of hydrogen-bond acceptors (Lipinski definition) is 4. The minimum absolute atomic E-state index is 0. The average molecular weight is 426 g/mol. The fourth-order valence-corrected chi connectivity index (χ4v) is 3.86. The van der Waals surface area contributed by atoms with Gasteiger partial charge in [-0.15, -0.1) is 23.7 Å². The molecule has 150 valence electrons. The molecule has 0 radical (unpaired) electrons. The number of methoxy groups -OCH3 is 1. The van der Waals surface area contributed by atoms with Crippen LogP contribution in [0.15, 0.2) is 78.3 Å². The van der Waals surface area contributed by atoms with Crippen molar-refractivity contribution < 1.29 is 4.74 Å². The number of ether oxygens (including phenoxy) is 1. The molecular formula is C23H24ClN3OS. The Kier molecular flexibility index (Phi) is 7.47. The summed E-state index contributed by atoms with van der Waals surface area (Å²) in [6.45, 7) is 1.71. The average Bonchev–Trinajstić information content (AvgIpc) is 3.42. The highest BCUT2D eigenvalue weighted by molar-refractivity contribution is 7.09. The number of thiophene rings is 1. The lowest BCUT2D eigenvalue weighted by atomic mass is 10.1. The predicted molar refractivity (Wildman–Crippen MR) is 123 cm³/mol. The maximum absolute atomic E-state index is 5.40. The van der Waals surface area contributed by atoms with Gasteiger partial charge in [-0.2, -0.15) is 5.10 Å². The molecule has 0 aliphatic heterocycles. The normalized spacial score (nSPS) is 10.5. The molecule has 0 fully saturated rings. The van der Waals surface area contributed by atoms with Crippen molar-refractivity contribution in [1.82, 2.24) is 15.1 Å². The lowest BCUT2D eigenvalue weighted by Crippen LogP contribution is -2.16. The topological polar surface area (TPSA) is 39.1 Å². The quantitative estimate of drug-likeness (QED) is 0.386. The van der Waals surface area contributed by atoms with Crippen LogP contribution in [0.3, 0.4) is 0 Å². The summed E-state index contributed by atoms with van der Waals surface area (Å²) >= 11 is 1.80. The molecule has 4 aromatic rings. The summed E-state index contributed by atoms with van der Waals surface area (Å²) in [5, 5.41) is 10.6. The number of nitrogens with one attached hydrogen (secondary N) is 1. The van der Waals surface area contributed by atoms with Crippen molar-refractivity contribution in [2.75, 3.05) is 13.7 Å². The largest absolute Gasteiger partial charge is 0.497 e. The van der Waals surface area contributed by atoms with Gasteiger partial charge >= 0.3 is 0 Å². The number of halogens is 1. The number of para-hydroxylation sites is 1. The van der Waals surface area contributed by atoms with E-state index in [1.807, 2.05) is 41.1 Å². The van der Waals surface area contributed by atoms with Gasteiger partial charge in [-0.25, -0.2) is 4.68 Å². The first kappa shape index (κ1) is 21.1. The number of hydrogen-bond donors (Lipinski definition) is 1. The minimum atomic E-state index is 0. The molecule has 2 aromatic heterocycles. The first-order chi connectivity index (χ1) is 13.8. The molecule has 0 saturated heterocycles. The fraction of sp³-hybridized carbons (Fsp3) is 0.174. The van der Waals surface area contributed by atoms with Crippen LogP contribution in [-0.2, 0) is 13.0 Å². The van der Waals surface area contributed by atoms with Gasteiger partial charge in [0, 0.05) is 35.3 Å². The SMILES string of the molecule is COc1cccc(-c2nn(-c3ccccc3)cc2CNCCc2cccs2)c1.Cl. The summed E-state index contributed by atoms with van der Waals surface area (Å²) in [6, 6.07) is 22.6. The van der Waals surface area contributed by atoms with Crippen LogP contribution in [0.1, 0.15) is 10.4 Å². The Morgan fingerprint density at radius 3 is 2.66 bits per heavy atom. The summed E-state index contributed by atoms with van der Waals surface area (Å²) in [5.41, 5.74) is 4.26. The van der Waals surface area contributed by atoms with Crippen molar-refractivity contribution in [3.63, 3.8) is 0 Å². The Balaban J connectivity index is 0.00000240. The van der Waals surface area contributed by atoms with Gasteiger partial charge in [-0.1, -0.05) is 36.4 Å². The highest BCUT2D eigenvalue weighted by Gasteiger charge is 2.13. The monoisotopic (exact) mass is 425 g/mol. The van der Waals surface area contributed by atoms with E-state index in [2.05, 4.69) is 47.2 Å². The third-order valence-corrected chi connectivity index (χ3v) is 5.53. The fourth-order valence-electron chi connectivity index (χ4n) is 3.15. The standard InChI is InChI=1S/C23H23N3OS.ClH/c1-27-21-10-5-7-18(15-21)23-19(16-24-13-12-22-11-6-14-28-22)17-26(25-23)20-8-3-2-4-9-20;/h2-11,14-15,17,24H,12-13,16H2,1H3;1H. The Hall–Kier alpha value is -2.60. The van der Waals surface area contributed by atoms with E-state index in [0.29, 0.717) is 0 Å². The molecule has 4 nitrogen and oxygen atoms in total. The summed E-state index contributed by atoms with van der Waals surface area (Å²) < 4.78 is 7.35. The third kappa shape index (κ3) is 5.26. The molecule has 6 heteroatoms. The molecule has 2 heterocycles. The molecule has 0 atom stereocenters. The summed E-state index contributed by atoms with van der Waals surface area (Å²) in [5.74, 6) is 0.836. The van der Waals surface area contributed by atoms with E-state index < -0.39 is 0 Å². The van der Waals surface area contributed by atoms with Crippen LogP contribution in [0.5, 0.6) is 5.75 Å². The maximum atomic E-state index is 5.40. The van der Waals surface area contributed by atoms with Gasteiger partial charge in [0.2, 0.25) is 0 Å². The van der Waals surface area contributed by atoms with Crippen molar-refractivity contribution >= 4 is 23.7 Å². The van der Waals surface area contributed by atoms with Crippen molar-refractivity contribution in [2.45, 2.75) is 13.0 Å². The summed E-state index contributed by atoms with van der Waals surface area (Å²) in [4.78, 5) is 1.40. The molecule has 0 aliphatic carbocycles. The second kappa shape index (κ2) is 10.3. The van der Waals surface area contributed by atoms with Crippen LogP contribution in [0.25, 0.3) is 16.9 Å². The van der Waals surface area contributed by atoms with E-state index in [-0.39, 0.29) is 12.4 Å². The van der Waals surface area contributed by atoms with Crippen LogP contribution in [0, 0.1) is 0 Å². The van der Waals surface area contributed by atoms with Crippen molar-refractivity contribution in [3.05, 3.63) is 88.7 Å². The molecule has 0 amide bonds. The molecule has 4 rings (SSSR count). The van der Waals surface area contributed by atoms with Crippen molar-refractivity contribution in [2.24, 2.45) is 0 Å². The van der Waals surface area contributed by atoms with Gasteiger partial charge in [0.1, 0.15) is 5.75 Å². The van der Waals surface area contributed by atoms with Gasteiger partial charge in [-0.3, -0.25) is 0 Å². The lowest BCUT2D eigenvalue weighted by Gasteiger charge is -2.06. The minimum Gasteiger partial charge on any atom is -0.497 e. The zero-order valence-electron chi connectivity index (χ0n) is 16.2. The highest BCUT2D eigenvalue weighted by atomic mass is 35.5. The molecule has 0 aliphatic rings. The van der Waals surface area contributed by atoms with Gasteiger partial charge in [0.05, 0.1) is 18.5 Å². The molecule has 0 unspecified atom stereocenters. The first-order valence-electron chi connectivity index (χ1n) is 9.35. The van der Waals surface area contributed by atoms with Crippen LogP contribution < -0.4 is 10.1 Å². The molecule has 2 aromatic carbocycles. The van der Waals surface area contributed by atoms with E-state index in [9.17, 15) is 0 Å². The zero-order valence-corrected chi connectivity index (χ0v) is 17.9. The summed E-state index contributed by atoms with van der Waals surface area (Å²) in [7, 11) is 1.69. The second-order valence-corrected chi connectivity index (χ2v) is 7.55. The zero-order chi connectivity index (χ0) is 19.2. The van der Waals surface area contributed by atoms with Crippen LogP contribution in [0.4, 0.5) is 0 Å². The van der Waals surface area contributed by atoms with Crippen molar-refractivity contribution in [3.8, 4) is 22.7 Å². The Bertz CT molecular complexity index is 1020. The smallest absolute Gasteiger partial charge is 0.119 e. The third-order valence-electron chi connectivity index (χ3n) is 4.60. The molecule has 29 heavy (non-hydrogen) atoms. The lowest BCUT2D eigenvalue weighted by molar-refractivity contribution is 0.415. The van der Waals surface area contributed by atoms with Gasteiger partial charge in [-0.05, 0) is 42.1 Å². The second-order valence-electron chi connectivity index (χ2n) is 6.52. The Morgan fingerprint density at radius 1 is 1.03 bits per heavy atom. The van der Waals surface area contributed by atoms with Crippen LogP contribution in [0.2, 0.25) is 0 Å². The van der Waals surface area contributed by atoms with E-state index in [4.69, 9.17) is 9.84 Å². The predicted octanol–water partition coefficient (Wildman–Crippen LogP) is 5.36. The molecule has 0 spiro atoms. The van der Waals surface area contributed by atoms with Gasteiger partial charge < -0.3 is 10.1 Å². The molecule has 0 bridgehead atoms. The van der Waals surface area contributed by atoms with Crippen LogP contribution >= 0.6 is 23.7 Å². The molecule has 0 saturated carbocycles. The van der Waals surface area contributed by atoms with Gasteiger partial charge in [0.15, 0.2) is 0 Å². The highest BCUT2D eigenvalue weighted by Crippen LogP contribution is 2.27. The number of aromatic nitrogens is 2.